The second kappa shape index (κ2) is 4.31. The SMILES string of the molecule is COc1cccn[c]1[SnH2][C](C)(C)C. The molecule has 0 unspecified atom stereocenters. The van der Waals surface area contributed by atoms with Crippen molar-refractivity contribution in [1.29, 1.82) is 0 Å². The quantitative estimate of drug-likeness (QED) is 0.760. The van der Waals surface area contributed by atoms with E-state index in [4.69, 9.17) is 4.74 Å². The molecule has 0 aliphatic carbocycles. The van der Waals surface area contributed by atoms with Crippen LogP contribution in [0.1, 0.15) is 20.8 Å². The van der Waals surface area contributed by atoms with Crippen molar-refractivity contribution in [2.75, 3.05) is 7.11 Å². The van der Waals surface area contributed by atoms with E-state index in [1.165, 1.54) is 3.71 Å². The Morgan fingerprint density at radius 3 is 2.62 bits per heavy atom. The summed E-state index contributed by atoms with van der Waals surface area (Å²) in [6.07, 6.45) is 1.86. The van der Waals surface area contributed by atoms with Crippen LogP contribution in [-0.2, 0) is 0 Å². The maximum absolute atomic E-state index is 5.28. The molecule has 0 aliphatic heterocycles. The molecule has 72 valence electrons. The average Bonchev–Trinajstić information content (AvgIpc) is 2.02. The van der Waals surface area contributed by atoms with Gasteiger partial charge in [0, 0.05) is 0 Å². The predicted octanol–water partition coefficient (Wildman–Crippen LogP) is 1.10. The standard InChI is InChI=1S/C6H6NO.C4H9.Sn.2H/c1-8-6-3-2-4-7-5-6;1-4(2)3;;;/h2-4H,1H3;1-3H3;;;. The summed E-state index contributed by atoms with van der Waals surface area (Å²) in [5.74, 6) is 0.980. The van der Waals surface area contributed by atoms with E-state index in [2.05, 4.69) is 25.8 Å². The van der Waals surface area contributed by atoms with Crippen molar-refractivity contribution in [2.45, 2.75) is 24.2 Å². The van der Waals surface area contributed by atoms with Gasteiger partial charge in [-0.25, -0.2) is 0 Å². The van der Waals surface area contributed by atoms with Gasteiger partial charge in [0.2, 0.25) is 0 Å². The van der Waals surface area contributed by atoms with Crippen LogP contribution in [0.4, 0.5) is 0 Å². The van der Waals surface area contributed by atoms with Gasteiger partial charge in [0.05, 0.1) is 0 Å². The number of aromatic nitrogens is 1. The number of ether oxygens (including phenoxy) is 1. The molecular formula is C10H17NOSn. The number of methoxy groups -OCH3 is 1. The number of rotatable bonds is 2. The van der Waals surface area contributed by atoms with E-state index in [9.17, 15) is 0 Å². The molecular weight excluding hydrogens is 269 g/mol. The van der Waals surface area contributed by atoms with Gasteiger partial charge in [0.1, 0.15) is 0 Å². The zero-order valence-electron chi connectivity index (χ0n) is 8.79. The van der Waals surface area contributed by atoms with E-state index in [1.54, 1.807) is 7.11 Å². The van der Waals surface area contributed by atoms with E-state index in [-0.39, 0.29) is 0 Å². The van der Waals surface area contributed by atoms with Gasteiger partial charge in [-0.3, -0.25) is 0 Å². The first-order chi connectivity index (χ1) is 6.03. The molecule has 0 N–H and O–H groups in total. The third kappa shape index (κ3) is 3.54. The summed E-state index contributed by atoms with van der Waals surface area (Å²) in [7, 11) is 1.72. The second-order valence-corrected chi connectivity index (χ2v) is 13.4. The molecule has 0 saturated carbocycles. The molecule has 0 bridgehead atoms. The molecule has 0 aromatic carbocycles. The molecule has 0 fully saturated rings. The van der Waals surface area contributed by atoms with Crippen LogP contribution in [0, 0.1) is 0 Å². The zero-order valence-corrected chi connectivity index (χ0v) is 12.8. The monoisotopic (exact) mass is 287 g/mol. The Hall–Kier alpha value is -0.251. The normalized spacial score (nSPS) is 12.3. The van der Waals surface area contributed by atoms with Gasteiger partial charge in [-0.2, -0.15) is 0 Å². The minimum absolute atomic E-state index is 0.462. The van der Waals surface area contributed by atoms with E-state index in [0.717, 1.165) is 5.75 Å². The Morgan fingerprint density at radius 1 is 1.38 bits per heavy atom. The van der Waals surface area contributed by atoms with Crippen molar-refractivity contribution >= 4 is 24.9 Å². The van der Waals surface area contributed by atoms with Crippen molar-refractivity contribution in [3.8, 4) is 5.75 Å². The van der Waals surface area contributed by atoms with Gasteiger partial charge in [0.25, 0.3) is 0 Å². The molecule has 13 heavy (non-hydrogen) atoms. The molecule has 0 saturated heterocycles. The Kier molecular flexibility index (Phi) is 3.59. The van der Waals surface area contributed by atoms with Crippen molar-refractivity contribution in [2.24, 2.45) is 0 Å². The molecule has 1 heterocycles. The van der Waals surface area contributed by atoms with Crippen LogP contribution in [0.3, 0.4) is 0 Å². The Labute approximate surface area is 89.9 Å². The number of pyridine rings is 1. The Morgan fingerprint density at radius 2 is 2.08 bits per heavy atom. The fraction of sp³-hybridized carbons (Fsp3) is 0.500. The van der Waals surface area contributed by atoms with E-state index in [1.807, 2.05) is 18.3 Å². The van der Waals surface area contributed by atoms with Crippen molar-refractivity contribution in [3.63, 3.8) is 0 Å². The van der Waals surface area contributed by atoms with Crippen LogP contribution >= 0.6 is 0 Å². The fourth-order valence-corrected chi connectivity index (χ4v) is 5.92. The second-order valence-electron chi connectivity index (χ2n) is 4.39. The first-order valence-electron chi connectivity index (χ1n) is 4.51. The first kappa shape index (κ1) is 10.8. The van der Waals surface area contributed by atoms with Crippen molar-refractivity contribution in [3.05, 3.63) is 18.3 Å². The summed E-state index contributed by atoms with van der Waals surface area (Å²) < 4.78 is 6.99. The molecule has 0 spiro atoms. The van der Waals surface area contributed by atoms with Crippen LogP contribution in [-0.4, -0.2) is 33.2 Å². The number of hydrogen-bond donors (Lipinski definition) is 0. The summed E-state index contributed by atoms with van der Waals surface area (Å²) in [5, 5.41) is 0. The third-order valence-electron chi connectivity index (χ3n) is 1.77. The molecule has 0 atom stereocenters. The van der Waals surface area contributed by atoms with E-state index < -0.39 is 21.1 Å². The van der Waals surface area contributed by atoms with Gasteiger partial charge in [-0.05, 0) is 0 Å². The molecule has 3 heteroatoms. The van der Waals surface area contributed by atoms with Crippen LogP contribution in [0.25, 0.3) is 0 Å². The van der Waals surface area contributed by atoms with Crippen molar-refractivity contribution < 1.29 is 4.74 Å². The molecule has 2 nitrogen and oxygen atoms in total. The summed E-state index contributed by atoms with van der Waals surface area (Å²) in [6.45, 7) is 6.87. The zero-order chi connectivity index (χ0) is 9.90. The Bertz CT molecular complexity index is 280. The molecule has 0 aliphatic rings. The number of hydrogen-bond acceptors (Lipinski definition) is 2. The summed E-state index contributed by atoms with van der Waals surface area (Å²) in [5.41, 5.74) is 0. The molecule has 1 aromatic rings. The summed E-state index contributed by atoms with van der Waals surface area (Å²) >= 11 is -1.01. The van der Waals surface area contributed by atoms with E-state index in [0.29, 0.717) is 3.43 Å². The van der Waals surface area contributed by atoms with Gasteiger partial charge in [-0.15, -0.1) is 0 Å². The summed E-state index contributed by atoms with van der Waals surface area (Å²) in [6, 6.07) is 3.93. The van der Waals surface area contributed by atoms with Gasteiger partial charge >= 0.3 is 90.0 Å². The first-order valence-corrected chi connectivity index (χ1v) is 8.54. The average molecular weight is 286 g/mol. The van der Waals surface area contributed by atoms with Crippen LogP contribution in [0.5, 0.6) is 5.75 Å². The van der Waals surface area contributed by atoms with Crippen LogP contribution in [0.15, 0.2) is 18.3 Å². The van der Waals surface area contributed by atoms with Crippen LogP contribution in [0.2, 0.25) is 3.43 Å². The predicted molar refractivity (Wildman–Crippen MR) is 58.7 cm³/mol. The third-order valence-corrected chi connectivity index (χ3v) is 7.26. The van der Waals surface area contributed by atoms with Gasteiger partial charge in [-0.1, -0.05) is 0 Å². The van der Waals surface area contributed by atoms with Gasteiger partial charge < -0.3 is 0 Å². The minimum atomic E-state index is -1.01. The molecule has 1 aromatic heterocycles. The molecule has 1 rings (SSSR count). The molecule has 0 radical (unpaired) electrons. The van der Waals surface area contributed by atoms with Crippen LogP contribution < -0.4 is 8.45 Å². The van der Waals surface area contributed by atoms with E-state index >= 15 is 0 Å². The molecule has 0 amide bonds. The fourth-order valence-electron chi connectivity index (χ4n) is 1.24. The maximum atomic E-state index is 5.28. The summed E-state index contributed by atoms with van der Waals surface area (Å²) in [4.78, 5) is 4.40. The Balaban J connectivity index is 2.87. The topological polar surface area (TPSA) is 22.1 Å². The van der Waals surface area contributed by atoms with Crippen molar-refractivity contribution in [1.82, 2.24) is 4.98 Å². The van der Waals surface area contributed by atoms with Gasteiger partial charge in [0.15, 0.2) is 0 Å². The number of nitrogens with zero attached hydrogens (tertiary/aromatic N) is 1.